The second-order valence-electron chi connectivity index (χ2n) is 6.11. The molecule has 0 atom stereocenters. The molecule has 0 bridgehead atoms. The quantitative estimate of drug-likeness (QED) is 0.334. The van der Waals surface area contributed by atoms with Gasteiger partial charge in [-0.2, -0.15) is 0 Å². The van der Waals surface area contributed by atoms with Crippen LogP contribution < -0.4 is 4.72 Å². The number of benzene rings is 3. The molecule has 0 unspecified atom stereocenters. The topological polar surface area (TPSA) is 89.3 Å². The molecule has 0 fully saturated rings. The minimum atomic E-state index is -3.93. The lowest BCUT2D eigenvalue weighted by atomic mass is 10.2. The van der Waals surface area contributed by atoms with Gasteiger partial charge in [0, 0.05) is 28.5 Å². The molecule has 3 rings (SSSR count). The van der Waals surface area contributed by atoms with E-state index in [0.29, 0.717) is 11.3 Å². The highest BCUT2D eigenvalue weighted by Gasteiger charge is 2.20. The van der Waals surface area contributed by atoms with Crippen LogP contribution in [0.25, 0.3) is 0 Å². The number of thioether (sulfide) groups is 1. The number of hydrogen-bond acceptors (Lipinski definition) is 5. The van der Waals surface area contributed by atoms with Gasteiger partial charge in [0.15, 0.2) is 0 Å². The fourth-order valence-corrected chi connectivity index (χ4v) is 4.75. The second-order valence-corrected chi connectivity index (χ2v) is 8.81. The summed E-state index contributed by atoms with van der Waals surface area (Å²) in [6.45, 7) is 1.60. The van der Waals surface area contributed by atoms with Crippen molar-refractivity contribution >= 4 is 33.2 Å². The van der Waals surface area contributed by atoms with Gasteiger partial charge in [-0.05, 0) is 42.3 Å². The number of nitrogens with zero attached hydrogens (tertiary/aromatic N) is 1. The van der Waals surface area contributed by atoms with Gasteiger partial charge in [-0.15, -0.1) is 11.8 Å². The number of aryl methyl sites for hydroxylation is 1. The maximum atomic E-state index is 12.7. The van der Waals surface area contributed by atoms with Crippen molar-refractivity contribution in [2.45, 2.75) is 22.5 Å². The minimum Gasteiger partial charge on any atom is -0.280 e. The summed E-state index contributed by atoms with van der Waals surface area (Å²) >= 11 is 1.69. The highest BCUT2D eigenvalue weighted by atomic mass is 32.2. The maximum Gasteiger partial charge on any atom is 0.270 e. The average molecular weight is 415 g/mol. The Hall–Kier alpha value is -2.84. The van der Waals surface area contributed by atoms with E-state index >= 15 is 0 Å². The summed E-state index contributed by atoms with van der Waals surface area (Å²) < 4.78 is 27.8. The van der Waals surface area contributed by atoms with Crippen LogP contribution in [0.3, 0.4) is 0 Å². The van der Waals surface area contributed by atoms with Crippen LogP contribution in [0.4, 0.5) is 11.4 Å². The van der Waals surface area contributed by atoms with Crippen LogP contribution in [0.15, 0.2) is 82.6 Å². The van der Waals surface area contributed by atoms with E-state index in [-0.39, 0.29) is 10.6 Å². The van der Waals surface area contributed by atoms with Crippen molar-refractivity contribution in [2.24, 2.45) is 0 Å². The molecule has 3 aromatic carbocycles. The van der Waals surface area contributed by atoms with E-state index < -0.39 is 14.9 Å². The van der Waals surface area contributed by atoms with E-state index in [1.165, 1.54) is 12.1 Å². The lowest BCUT2D eigenvalue weighted by Crippen LogP contribution is -2.14. The van der Waals surface area contributed by atoms with Crippen molar-refractivity contribution in [3.8, 4) is 0 Å². The van der Waals surface area contributed by atoms with Crippen LogP contribution in [-0.4, -0.2) is 13.3 Å². The van der Waals surface area contributed by atoms with Crippen molar-refractivity contribution in [3.63, 3.8) is 0 Å². The zero-order chi connectivity index (χ0) is 20.1. The van der Waals surface area contributed by atoms with E-state index in [4.69, 9.17) is 0 Å². The Bertz CT molecular complexity index is 1080. The normalized spacial score (nSPS) is 11.2. The molecule has 0 radical (unpaired) electrons. The first-order valence-electron chi connectivity index (χ1n) is 8.40. The molecule has 0 aromatic heterocycles. The first-order chi connectivity index (χ1) is 13.3. The first kappa shape index (κ1) is 19.9. The third-order valence-corrected chi connectivity index (χ3v) is 6.63. The molecule has 0 heterocycles. The highest BCUT2D eigenvalue weighted by Crippen LogP contribution is 2.26. The molecular formula is C20H18N2O4S2. The van der Waals surface area contributed by atoms with Crippen LogP contribution in [0, 0.1) is 17.0 Å². The number of nitrogens with one attached hydrogen (secondary N) is 1. The zero-order valence-electron chi connectivity index (χ0n) is 15.0. The van der Waals surface area contributed by atoms with Gasteiger partial charge in [0.1, 0.15) is 0 Å². The Morgan fingerprint density at radius 1 is 1.00 bits per heavy atom. The lowest BCUT2D eigenvalue weighted by Gasteiger charge is -2.11. The molecule has 0 saturated carbocycles. The number of nitro benzene ring substituents is 1. The molecule has 0 aliphatic carbocycles. The number of anilines is 1. The Balaban J connectivity index is 1.72. The van der Waals surface area contributed by atoms with Crippen LogP contribution in [0.5, 0.6) is 0 Å². The summed E-state index contributed by atoms with van der Waals surface area (Å²) in [4.78, 5) is 11.4. The third kappa shape index (κ3) is 4.90. The van der Waals surface area contributed by atoms with Crippen LogP contribution >= 0.6 is 11.8 Å². The predicted molar refractivity (Wildman–Crippen MR) is 111 cm³/mol. The van der Waals surface area contributed by atoms with Crippen molar-refractivity contribution < 1.29 is 13.3 Å². The fraction of sp³-hybridized carbons (Fsp3) is 0.100. The smallest absolute Gasteiger partial charge is 0.270 e. The SMILES string of the molecule is Cc1ccc([N+](=O)[O-])cc1S(=O)(=O)Nc1ccc(CSc2ccccc2)cc1. The summed E-state index contributed by atoms with van der Waals surface area (Å²) in [6.07, 6.45) is 0. The largest absolute Gasteiger partial charge is 0.280 e. The molecule has 8 heteroatoms. The van der Waals surface area contributed by atoms with Crippen LogP contribution in [0.1, 0.15) is 11.1 Å². The van der Waals surface area contributed by atoms with E-state index in [0.717, 1.165) is 22.3 Å². The number of nitro groups is 1. The van der Waals surface area contributed by atoms with Crippen molar-refractivity contribution in [1.82, 2.24) is 0 Å². The lowest BCUT2D eigenvalue weighted by molar-refractivity contribution is -0.385. The summed E-state index contributed by atoms with van der Waals surface area (Å²) in [6, 6.07) is 20.9. The number of non-ortho nitro benzene ring substituents is 1. The van der Waals surface area contributed by atoms with Gasteiger partial charge in [-0.1, -0.05) is 36.4 Å². The monoisotopic (exact) mass is 414 g/mol. The van der Waals surface area contributed by atoms with Crippen LogP contribution in [0.2, 0.25) is 0 Å². The molecule has 0 aliphatic rings. The fourth-order valence-electron chi connectivity index (χ4n) is 2.55. The molecule has 1 N–H and O–H groups in total. The first-order valence-corrected chi connectivity index (χ1v) is 10.9. The Morgan fingerprint density at radius 3 is 2.32 bits per heavy atom. The second kappa shape index (κ2) is 8.45. The standard InChI is InChI=1S/C20H18N2O4S2/c1-15-7-12-18(22(23)24)13-20(15)28(25,26)21-17-10-8-16(9-11-17)14-27-19-5-3-2-4-6-19/h2-13,21H,14H2,1H3. The van der Waals surface area contributed by atoms with E-state index in [1.807, 2.05) is 42.5 Å². The summed E-state index contributed by atoms with van der Waals surface area (Å²) in [5, 5.41) is 10.9. The summed E-state index contributed by atoms with van der Waals surface area (Å²) in [5.41, 5.74) is 1.64. The van der Waals surface area contributed by atoms with E-state index in [1.54, 1.807) is 30.8 Å². The molecule has 3 aromatic rings. The van der Waals surface area contributed by atoms with Gasteiger partial charge in [0.2, 0.25) is 0 Å². The van der Waals surface area contributed by atoms with Gasteiger partial charge in [0.05, 0.1) is 9.82 Å². The molecule has 0 amide bonds. The Kier molecular flexibility index (Phi) is 6.01. The number of rotatable bonds is 7. The molecule has 144 valence electrons. The van der Waals surface area contributed by atoms with Gasteiger partial charge in [-0.25, -0.2) is 8.42 Å². The summed E-state index contributed by atoms with van der Waals surface area (Å²) in [7, 11) is -3.93. The molecule has 28 heavy (non-hydrogen) atoms. The van der Waals surface area contributed by atoms with Crippen molar-refractivity contribution in [2.75, 3.05) is 4.72 Å². The zero-order valence-corrected chi connectivity index (χ0v) is 16.7. The molecule has 0 aliphatic heterocycles. The third-order valence-electron chi connectivity index (χ3n) is 4.03. The maximum absolute atomic E-state index is 12.7. The van der Waals surface area contributed by atoms with Gasteiger partial charge >= 0.3 is 0 Å². The molecule has 6 nitrogen and oxygen atoms in total. The van der Waals surface area contributed by atoms with Crippen LogP contribution in [-0.2, 0) is 15.8 Å². The average Bonchev–Trinajstić information content (AvgIpc) is 2.68. The molecule has 0 spiro atoms. The van der Waals surface area contributed by atoms with Gasteiger partial charge in [-0.3, -0.25) is 14.8 Å². The Labute approximate surface area is 167 Å². The van der Waals surface area contributed by atoms with E-state index in [9.17, 15) is 18.5 Å². The predicted octanol–water partition coefficient (Wildman–Crippen LogP) is 5.00. The van der Waals surface area contributed by atoms with Crippen molar-refractivity contribution in [3.05, 3.63) is 94.0 Å². The number of hydrogen-bond donors (Lipinski definition) is 1. The van der Waals surface area contributed by atoms with Gasteiger partial charge < -0.3 is 0 Å². The molecular weight excluding hydrogens is 396 g/mol. The summed E-state index contributed by atoms with van der Waals surface area (Å²) in [5.74, 6) is 0.765. The van der Waals surface area contributed by atoms with Crippen molar-refractivity contribution in [1.29, 1.82) is 0 Å². The van der Waals surface area contributed by atoms with Gasteiger partial charge in [0.25, 0.3) is 15.7 Å². The minimum absolute atomic E-state index is 0.106. The Morgan fingerprint density at radius 2 is 1.68 bits per heavy atom. The molecule has 0 saturated heterocycles. The number of sulfonamides is 1. The van der Waals surface area contributed by atoms with E-state index in [2.05, 4.69) is 4.72 Å². The highest BCUT2D eigenvalue weighted by molar-refractivity contribution is 7.98.